The predicted molar refractivity (Wildman–Crippen MR) is 93.1 cm³/mol. The van der Waals surface area contributed by atoms with E-state index in [1.807, 2.05) is 18.2 Å². The first kappa shape index (κ1) is 15.9. The quantitative estimate of drug-likeness (QED) is 0.880. The first-order chi connectivity index (χ1) is 10.9. The van der Waals surface area contributed by atoms with Gasteiger partial charge in [-0.1, -0.05) is 55.8 Å². The zero-order chi connectivity index (χ0) is 16.6. The smallest absolute Gasteiger partial charge is 0.228 e. The molecule has 120 valence electrons. The molecular formula is C19H20ClNO2. The van der Waals surface area contributed by atoms with Gasteiger partial charge < -0.3 is 10.1 Å². The third-order valence-electron chi connectivity index (χ3n) is 4.69. The fourth-order valence-electron chi connectivity index (χ4n) is 3.40. The number of amides is 1. The summed E-state index contributed by atoms with van der Waals surface area (Å²) in [7, 11) is 1.58. The molecule has 2 atom stereocenters. The SMILES string of the molecule is COc1ccc(Cl)cc1NC(=O)[C@@H]1[C@@H](c2ccccc2)C1(C)C. The summed E-state index contributed by atoms with van der Waals surface area (Å²) in [5, 5.41) is 3.54. The second kappa shape index (κ2) is 5.89. The topological polar surface area (TPSA) is 38.3 Å². The molecule has 0 radical (unpaired) electrons. The van der Waals surface area contributed by atoms with Crippen LogP contribution in [0.1, 0.15) is 25.3 Å². The molecule has 0 aliphatic heterocycles. The van der Waals surface area contributed by atoms with Gasteiger partial charge in [-0.25, -0.2) is 0 Å². The van der Waals surface area contributed by atoms with E-state index in [2.05, 4.69) is 31.3 Å². The number of ether oxygens (including phenoxy) is 1. The molecule has 2 aromatic carbocycles. The van der Waals surface area contributed by atoms with E-state index in [0.717, 1.165) is 0 Å². The summed E-state index contributed by atoms with van der Waals surface area (Å²) >= 11 is 6.03. The molecule has 4 heteroatoms. The number of carbonyl (C=O) groups excluding carboxylic acids is 1. The van der Waals surface area contributed by atoms with Gasteiger partial charge in [0.1, 0.15) is 5.75 Å². The van der Waals surface area contributed by atoms with Crippen LogP contribution in [0.3, 0.4) is 0 Å². The Hall–Kier alpha value is -2.00. The lowest BCUT2D eigenvalue weighted by atomic mass is 10.0. The summed E-state index contributed by atoms with van der Waals surface area (Å²) < 4.78 is 5.29. The average molecular weight is 330 g/mol. The zero-order valence-corrected chi connectivity index (χ0v) is 14.2. The average Bonchev–Trinajstić information content (AvgIpc) is 3.11. The number of anilines is 1. The molecule has 0 aromatic heterocycles. The number of halogens is 1. The molecule has 3 nitrogen and oxygen atoms in total. The first-order valence-electron chi connectivity index (χ1n) is 7.64. The summed E-state index contributed by atoms with van der Waals surface area (Å²) in [5.41, 5.74) is 1.76. The minimum atomic E-state index is -0.0615. The van der Waals surface area contributed by atoms with Crippen LogP contribution < -0.4 is 10.1 Å². The highest BCUT2D eigenvalue weighted by molar-refractivity contribution is 6.31. The maximum Gasteiger partial charge on any atom is 0.228 e. The molecule has 0 unspecified atom stereocenters. The molecule has 3 rings (SSSR count). The van der Waals surface area contributed by atoms with Gasteiger partial charge in [-0.2, -0.15) is 0 Å². The predicted octanol–water partition coefficient (Wildman–Crippen LogP) is 4.73. The maximum atomic E-state index is 12.7. The minimum absolute atomic E-state index is 0.00409. The van der Waals surface area contributed by atoms with Crippen LogP contribution in [0.2, 0.25) is 5.02 Å². The van der Waals surface area contributed by atoms with E-state index in [9.17, 15) is 4.79 Å². The van der Waals surface area contributed by atoms with Crippen LogP contribution >= 0.6 is 11.6 Å². The van der Waals surface area contributed by atoms with Crippen molar-refractivity contribution in [2.24, 2.45) is 11.3 Å². The molecule has 1 fully saturated rings. The highest BCUT2D eigenvalue weighted by Crippen LogP contribution is 2.64. The Balaban J connectivity index is 1.81. The van der Waals surface area contributed by atoms with E-state index in [1.54, 1.807) is 25.3 Å². The van der Waals surface area contributed by atoms with E-state index in [1.165, 1.54) is 5.56 Å². The Labute approximate surface area is 141 Å². The molecule has 23 heavy (non-hydrogen) atoms. The van der Waals surface area contributed by atoms with E-state index >= 15 is 0 Å². The van der Waals surface area contributed by atoms with Crippen molar-refractivity contribution in [3.63, 3.8) is 0 Å². The molecule has 0 spiro atoms. The first-order valence-corrected chi connectivity index (χ1v) is 8.02. The van der Waals surface area contributed by atoms with Crippen molar-refractivity contribution in [1.82, 2.24) is 0 Å². The molecule has 0 bridgehead atoms. The van der Waals surface area contributed by atoms with Crippen molar-refractivity contribution < 1.29 is 9.53 Å². The normalized spacial score (nSPS) is 21.6. The summed E-state index contributed by atoms with van der Waals surface area (Å²) in [6.07, 6.45) is 0. The summed E-state index contributed by atoms with van der Waals surface area (Å²) in [5.74, 6) is 0.782. The van der Waals surface area contributed by atoms with E-state index in [0.29, 0.717) is 16.5 Å². The number of hydrogen-bond donors (Lipinski definition) is 1. The number of benzene rings is 2. The van der Waals surface area contributed by atoms with Crippen LogP contribution in [0.25, 0.3) is 0 Å². The second-order valence-electron chi connectivity index (χ2n) is 6.52. The van der Waals surface area contributed by atoms with Crippen molar-refractivity contribution in [3.05, 3.63) is 59.1 Å². The minimum Gasteiger partial charge on any atom is -0.495 e. The van der Waals surface area contributed by atoms with Crippen LogP contribution in [-0.4, -0.2) is 13.0 Å². The standard InChI is InChI=1S/C19H20ClNO2/c1-19(2)16(12-7-5-4-6-8-12)17(19)18(22)21-14-11-13(20)9-10-15(14)23-3/h4-11,16-17H,1-3H3,(H,21,22)/t16-,17+/m1/s1. The maximum absolute atomic E-state index is 12.7. The molecule has 2 aromatic rings. The fraction of sp³-hybridized carbons (Fsp3) is 0.316. The number of rotatable bonds is 4. The number of hydrogen-bond acceptors (Lipinski definition) is 2. The lowest BCUT2D eigenvalue weighted by Crippen LogP contribution is -2.17. The molecule has 1 N–H and O–H groups in total. The Kier molecular flexibility index (Phi) is 4.07. The van der Waals surface area contributed by atoms with Gasteiger partial charge in [0.15, 0.2) is 0 Å². The van der Waals surface area contributed by atoms with Crippen molar-refractivity contribution >= 4 is 23.2 Å². The van der Waals surface area contributed by atoms with E-state index in [-0.39, 0.29) is 23.2 Å². The van der Waals surface area contributed by atoms with Crippen LogP contribution in [0.15, 0.2) is 48.5 Å². The molecule has 1 amide bonds. The molecule has 1 aliphatic carbocycles. The number of carbonyl (C=O) groups is 1. The molecule has 0 saturated heterocycles. The monoisotopic (exact) mass is 329 g/mol. The van der Waals surface area contributed by atoms with Gasteiger partial charge >= 0.3 is 0 Å². The van der Waals surface area contributed by atoms with Crippen LogP contribution in [0.4, 0.5) is 5.69 Å². The van der Waals surface area contributed by atoms with E-state index < -0.39 is 0 Å². The lowest BCUT2D eigenvalue weighted by molar-refractivity contribution is -0.118. The van der Waals surface area contributed by atoms with Crippen molar-refractivity contribution in [2.45, 2.75) is 19.8 Å². The van der Waals surface area contributed by atoms with Gasteiger partial charge in [0.05, 0.1) is 18.7 Å². The van der Waals surface area contributed by atoms with E-state index in [4.69, 9.17) is 16.3 Å². The van der Waals surface area contributed by atoms with Crippen LogP contribution in [0.5, 0.6) is 5.75 Å². The molecule has 1 aliphatic rings. The molecule has 0 heterocycles. The third-order valence-corrected chi connectivity index (χ3v) is 4.92. The van der Waals surface area contributed by atoms with Gasteiger partial charge in [-0.3, -0.25) is 4.79 Å². The molecule has 1 saturated carbocycles. The molecular weight excluding hydrogens is 310 g/mol. The Morgan fingerprint density at radius 1 is 1.17 bits per heavy atom. The summed E-state index contributed by atoms with van der Waals surface area (Å²) in [6, 6.07) is 15.4. The second-order valence-corrected chi connectivity index (χ2v) is 6.96. The fourth-order valence-corrected chi connectivity index (χ4v) is 3.57. The van der Waals surface area contributed by atoms with Gasteiger partial charge in [-0.05, 0) is 29.2 Å². The third kappa shape index (κ3) is 2.93. The Morgan fingerprint density at radius 3 is 2.52 bits per heavy atom. The highest BCUT2D eigenvalue weighted by atomic mass is 35.5. The van der Waals surface area contributed by atoms with Gasteiger partial charge in [0, 0.05) is 10.9 Å². The number of nitrogens with one attached hydrogen (secondary N) is 1. The van der Waals surface area contributed by atoms with Gasteiger partial charge in [0.25, 0.3) is 0 Å². The van der Waals surface area contributed by atoms with Gasteiger partial charge in [-0.15, -0.1) is 0 Å². The summed E-state index contributed by atoms with van der Waals surface area (Å²) in [6.45, 7) is 4.26. The largest absolute Gasteiger partial charge is 0.495 e. The highest BCUT2D eigenvalue weighted by Gasteiger charge is 2.62. The van der Waals surface area contributed by atoms with Crippen LogP contribution in [-0.2, 0) is 4.79 Å². The Morgan fingerprint density at radius 2 is 1.87 bits per heavy atom. The van der Waals surface area contributed by atoms with Gasteiger partial charge in [0.2, 0.25) is 5.91 Å². The zero-order valence-electron chi connectivity index (χ0n) is 13.5. The van der Waals surface area contributed by atoms with Crippen molar-refractivity contribution in [1.29, 1.82) is 0 Å². The number of methoxy groups -OCH3 is 1. The Bertz CT molecular complexity index is 727. The van der Waals surface area contributed by atoms with Crippen molar-refractivity contribution in [2.75, 3.05) is 12.4 Å². The van der Waals surface area contributed by atoms with Crippen molar-refractivity contribution in [3.8, 4) is 5.75 Å². The van der Waals surface area contributed by atoms with Crippen LogP contribution in [0, 0.1) is 11.3 Å². The lowest BCUT2D eigenvalue weighted by Gasteiger charge is -2.11. The summed E-state index contributed by atoms with van der Waals surface area (Å²) in [4.78, 5) is 12.7.